The molecule has 3 aromatic carbocycles. The number of ether oxygens (including phenoxy) is 2. The van der Waals surface area contributed by atoms with Crippen molar-refractivity contribution >= 4 is 15.6 Å². The molecule has 7 nitrogen and oxygen atoms in total. The van der Waals surface area contributed by atoms with Crippen LogP contribution in [0.2, 0.25) is 0 Å². The van der Waals surface area contributed by atoms with Crippen LogP contribution < -0.4 is 9.47 Å². The van der Waals surface area contributed by atoms with Crippen LogP contribution in [0, 0.1) is 19.3 Å². The summed E-state index contributed by atoms with van der Waals surface area (Å²) in [7, 11) is -2.42. The first-order valence-electron chi connectivity index (χ1n) is 12.6. The molecule has 0 aliphatic rings. The second-order valence-electron chi connectivity index (χ2n) is 10.8. The number of Topliss-reactive ketones (excluding diaryl/α,β-unsaturated/α-hetero) is 1. The van der Waals surface area contributed by atoms with Crippen molar-refractivity contribution in [3.8, 4) is 39.5 Å². The highest BCUT2D eigenvalue weighted by Gasteiger charge is 2.28. The highest BCUT2D eigenvalue weighted by Crippen LogP contribution is 2.37. The summed E-state index contributed by atoms with van der Waals surface area (Å²) in [6.07, 6.45) is 0.149. The van der Waals surface area contributed by atoms with Crippen LogP contribution in [-0.4, -0.2) is 32.2 Å². The Bertz CT molecular complexity index is 1580. The van der Waals surface area contributed by atoms with Crippen molar-refractivity contribution in [2.75, 3.05) is 12.9 Å². The van der Waals surface area contributed by atoms with Crippen LogP contribution in [-0.2, 0) is 14.6 Å². The molecular formula is C31H33NO6S. The fourth-order valence-electron chi connectivity index (χ4n) is 4.47. The quantitative estimate of drug-likeness (QED) is 0.218. The van der Waals surface area contributed by atoms with E-state index >= 15 is 0 Å². The van der Waals surface area contributed by atoms with Crippen LogP contribution in [0.5, 0.6) is 17.2 Å². The summed E-state index contributed by atoms with van der Waals surface area (Å²) in [6, 6.07) is 19.9. The Hall–Kier alpha value is -3.91. The summed E-state index contributed by atoms with van der Waals surface area (Å²) >= 11 is 0. The topological polar surface area (TPSA) is 95.7 Å². The smallest absolute Gasteiger partial charge is 0.189 e. The van der Waals surface area contributed by atoms with E-state index in [2.05, 4.69) is 5.16 Å². The molecule has 0 fully saturated rings. The summed E-state index contributed by atoms with van der Waals surface area (Å²) in [5.74, 6) is 0.961. The molecule has 0 aliphatic heterocycles. The van der Waals surface area contributed by atoms with Crippen LogP contribution >= 0.6 is 0 Å². The van der Waals surface area contributed by atoms with Crippen LogP contribution in [0.4, 0.5) is 0 Å². The van der Waals surface area contributed by atoms with Crippen LogP contribution in [0.15, 0.2) is 76.1 Å². The Morgan fingerprint density at radius 1 is 0.897 bits per heavy atom. The zero-order valence-electron chi connectivity index (χ0n) is 23.1. The van der Waals surface area contributed by atoms with Gasteiger partial charge in [-0.25, -0.2) is 8.42 Å². The van der Waals surface area contributed by atoms with Gasteiger partial charge in [0.15, 0.2) is 9.84 Å². The van der Waals surface area contributed by atoms with E-state index in [0.717, 1.165) is 16.9 Å². The van der Waals surface area contributed by atoms with E-state index in [1.54, 1.807) is 39.2 Å². The molecule has 0 radical (unpaired) electrons. The van der Waals surface area contributed by atoms with Crippen molar-refractivity contribution in [1.29, 1.82) is 0 Å². The van der Waals surface area contributed by atoms with Gasteiger partial charge in [-0.2, -0.15) is 0 Å². The van der Waals surface area contributed by atoms with Gasteiger partial charge in [0, 0.05) is 12.0 Å². The molecule has 0 spiro atoms. The molecule has 0 amide bonds. The lowest BCUT2D eigenvalue weighted by molar-refractivity contribution is -0.118. The molecule has 8 heteroatoms. The van der Waals surface area contributed by atoms with Gasteiger partial charge in [0.2, 0.25) is 0 Å². The number of carbonyl (C=O) groups is 1. The summed E-state index contributed by atoms with van der Waals surface area (Å²) in [5, 5.41) is 3.99. The summed E-state index contributed by atoms with van der Waals surface area (Å²) in [4.78, 5) is 12.7. The minimum absolute atomic E-state index is 0.0582. The van der Waals surface area contributed by atoms with Crippen molar-refractivity contribution in [2.45, 2.75) is 45.9 Å². The largest absolute Gasteiger partial charge is 0.497 e. The highest BCUT2D eigenvalue weighted by molar-refractivity contribution is 7.92. The van der Waals surface area contributed by atoms with Gasteiger partial charge >= 0.3 is 0 Å². The number of aromatic nitrogens is 1. The maximum Gasteiger partial charge on any atom is 0.189 e. The molecule has 1 aromatic heterocycles. The minimum Gasteiger partial charge on any atom is -0.497 e. The molecule has 0 saturated heterocycles. The van der Waals surface area contributed by atoms with Crippen molar-refractivity contribution in [3.05, 3.63) is 78.2 Å². The number of aryl methyl sites for hydroxylation is 2. The molecule has 0 atom stereocenters. The first-order chi connectivity index (χ1) is 18.4. The SMILES string of the molecule is COc1ccc(-c2cccc(Oc3ccc(-c4c(C)noc4C)cc3S(=O)(=O)CC(=O)CC(C)(C)C)c2)cc1. The minimum atomic E-state index is -4.03. The fourth-order valence-corrected chi connectivity index (χ4v) is 5.87. The zero-order valence-corrected chi connectivity index (χ0v) is 23.9. The van der Waals surface area contributed by atoms with E-state index in [4.69, 9.17) is 14.0 Å². The third-order valence-electron chi connectivity index (χ3n) is 6.16. The molecule has 4 rings (SSSR count). The van der Waals surface area contributed by atoms with Crippen LogP contribution in [0.1, 0.15) is 38.6 Å². The lowest BCUT2D eigenvalue weighted by Crippen LogP contribution is -2.21. The maximum atomic E-state index is 13.6. The number of hydrogen-bond donors (Lipinski definition) is 0. The third kappa shape index (κ3) is 6.75. The second-order valence-corrected chi connectivity index (χ2v) is 12.7. The Labute approximate surface area is 229 Å². The standard InChI is InChI=1S/C31H33NO6S/c1-20-30(21(2)38-32-20)24-12-15-28(29(17-24)39(34,35)19-25(33)18-31(3,4)5)37-27-9-7-8-23(16-27)22-10-13-26(36-6)14-11-22/h7-17H,18-19H2,1-6H3. The van der Waals surface area contributed by atoms with Gasteiger partial charge in [0.05, 0.1) is 12.8 Å². The molecule has 39 heavy (non-hydrogen) atoms. The molecule has 0 aliphatic carbocycles. The molecule has 0 saturated carbocycles. The first kappa shape index (κ1) is 28.1. The van der Waals surface area contributed by atoms with E-state index in [1.165, 1.54) is 6.07 Å². The van der Waals surface area contributed by atoms with Gasteiger partial charge in [-0.15, -0.1) is 0 Å². The van der Waals surface area contributed by atoms with E-state index in [0.29, 0.717) is 28.3 Å². The Balaban J connectivity index is 1.74. The van der Waals surface area contributed by atoms with Crippen molar-refractivity contribution in [2.24, 2.45) is 5.41 Å². The Morgan fingerprint density at radius 3 is 2.21 bits per heavy atom. The fraction of sp³-hybridized carbons (Fsp3) is 0.290. The van der Waals surface area contributed by atoms with E-state index < -0.39 is 15.6 Å². The lowest BCUT2D eigenvalue weighted by atomic mass is 9.90. The second kappa shape index (κ2) is 11.1. The summed E-state index contributed by atoms with van der Waals surface area (Å²) in [6.45, 7) is 9.27. The van der Waals surface area contributed by atoms with E-state index in [1.807, 2.05) is 63.2 Å². The molecule has 0 unspecified atom stereocenters. The number of carbonyl (C=O) groups excluding carboxylic acids is 1. The van der Waals surface area contributed by atoms with Gasteiger partial charge in [0.1, 0.15) is 39.4 Å². The number of nitrogens with zero attached hydrogens (tertiary/aromatic N) is 1. The average molecular weight is 548 g/mol. The third-order valence-corrected chi connectivity index (χ3v) is 7.86. The maximum absolute atomic E-state index is 13.6. The Kier molecular flexibility index (Phi) is 7.97. The monoisotopic (exact) mass is 547 g/mol. The average Bonchev–Trinajstić information content (AvgIpc) is 3.20. The number of rotatable bonds is 9. The molecule has 0 bridgehead atoms. The normalized spacial score (nSPS) is 11.8. The number of ketones is 1. The molecular weight excluding hydrogens is 514 g/mol. The summed E-state index contributed by atoms with van der Waals surface area (Å²) < 4.78 is 44.0. The lowest BCUT2D eigenvalue weighted by Gasteiger charge is -2.18. The van der Waals surface area contributed by atoms with Crippen molar-refractivity contribution in [1.82, 2.24) is 5.16 Å². The van der Waals surface area contributed by atoms with E-state index in [9.17, 15) is 13.2 Å². The number of sulfone groups is 1. The van der Waals surface area contributed by atoms with Crippen LogP contribution in [0.3, 0.4) is 0 Å². The number of hydrogen-bond acceptors (Lipinski definition) is 7. The summed E-state index contributed by atoms with van der Waals surface area (Å²) in [5.41, 5.74) is 3.49. The van der Waals surface area contributed by atoms with Crippen LogP contribution in [0.25, 0.3) is 22.3 Å². The van der Waals surface area contributed by atoms with Crippen molar-refractivity contribution in [3.63, 3.8) is 0 Å². The molecule has 4 aromatic rings. The van der Waals surface area contributed by atoms with Gasteiger partial charge in [-0.3, -0.25) is 4.79 Å². The number of benzene rings is 3. The predicted molar refractivity (Wildman–Crippen MR) is 151 cm³/mol. The van der Waals surface area contributed by atoms with E-state index in [-0.39, 0.29) is 28.3 Å². The zero-order chi connectivity index (χ0) is 28.4. The molecule has 0 N–H and O–H groups in total. The highest BCUT2D eigenvalue weighted by atomic mass is 32.2. The Morgan fingerprint density at radius 2 is 1.59 bits per heavy atom. The first-order valence-corrected chi connectivity index (χ1v) is 14.3. The van der Waals surface area contributed by atoms with Crippen molar-refractivity contribution < 1.29 is 27.2 Å². The molecule has 204 valence electrons. The predicted octanol–water partition coefficient (Wildman–Crippen LogP) is 7.21. The van der Waals surface area contributed by atoms with Gasteiger partial charge < -0.3 is 14.0 Å². The number of methoxy groups -OCH3 is 1. The van der Waals surface area contributed by atoms with Gasteiger partial charge in [0.25, 0.3) is 0 Å². The van der Waals surface area contributed by atoms with Gasteiger partial charge in [-0.1, -0.05) is 56.3 Å². The molecule has 1 heterocycles. The van der Waals surface area contributed by atoms with Gasteiger partial charge in [-0.05, 0) is 72.4 Å².